The summed E-state index contributed by atoms with van der Waals surface area (Å²) in [5.41, 5.74) is 6.03. The van der Waals surface area contributed by atoms with E-state index in [0.717, 1.165) is 39.4 Å². The maximum Gasteiger partial charge on any atom is 0.150 e. The zero-order chi connectivity index (χ0) is 23.7. The molecule has 0 radical (unpaired) electrons. The predicted octanol–water partition coefficient (Wildman–Crippen LogP) is 8.01. The number of para-hydroxylation sites is 3. The first kappa shape index (κ1) is 23.7. The lowest BCUT2D eigenvalue weighted by Gasteiger charge is -2.27. The molecule has 0 aliphatic carbocycles. The van der Waals surface area contributed by atoms with Crippen molar-refractivity contribution >= 4 is 5.69 Å². The summed E-state index contributed by atoms with van der Waals surface area (Å²) in [5.74, 6) is 2.02. The third-order valence-corrected chi connectivity index (χ3v) is 5.84. The van der Waals surface area contributed by atoms with Gasteiger partial charge in [-0.25, -0.2) is 0 Å². The minimum Gasteiger partial charge on any atom is -0.507 e. The number of ether oxygens (including phenoxy) is 1. The Morgan fingerprint density at radius 3 is 2.03 bits per heavy atom. The molecule has 3 aromatic carbocycles. The number of benzene rings is 3. The van der Waals surface area contributed by atoms with Gasteiger partial charge >= 0.3 is 0 Å². The number of hydrogen-bond donors (Lipinski definition) is 2. The summed E-state index contributed by atoms with van der Waals surface area (Å²) >= 11 is 0. The van der Waals surface area contributed by atoms with Crippen molar-refractivity contribution in [3.05, 3.63) is 82.4 Å². The quantitative estimate of drug-likeness (QED) is 0.430. The Morgan fingerprint density at radius 1 is 0.812 bits per heavy atom. The SMILES string of the molecule is Cc1cccc(C)c1Oc1ccccc1NCc1cc(C(C)(C)C)cc(C(C)(C)C)c1O. The van der Waals surface area contributed by atoms with Gasteiger partial charge in [0.15, 0.2) is 5.75 Å². The Kier molecular flexibility index (Phi) is 6.59. The first-order chi connectivity index (χ1) is 14.9. The highest BCUT2D eigenvalue weighted by Crippen LogP contribution is 2.39. The van der Waals surface area contributed by atoms with Gasteiger partial charge in [-0.15, -0.1) is 0 Å². The number of hydrogen-bond acceptors (Lipinski definition) is 3. The molecule has 0 bridgehead atoms. The van der Waals surface area contributed by atoms with Crippen LogP contribution in [0.1, 0.15) is 69.4 Å². The van der Waals surface area contributed by atoms with Crippen molar-refractivity contribution in [2.75, 3.05) is 5.32 Å². The minimum absolute atomic E-state index is 0.00810. The van der Waals surface area contributed by atoms with Gasteiger partial charge in [-0.05, 0) is 65.1 Å². The van der Waals surface area contributed by atoms with E-state index in [0.29, 0.717) is 12.3 Å². The van der Waals surface area contributed by atoms with E-state index in [2.05, 4.69) is 85.0 Å². The molecule has 3 rings (SSSR count). The Labute approximate surface area is 193 Å². The summed E-state index contributed by atoms with van der Waals surface area (Å²) in [7, 11) is 0. The molecule has 0 spiro atoms. The molecule has 0 saturated heterocycles. The smallest absolute Gasteiger partial charge is 0.150 e. The van der Waals surface area contributed by atoms with Gasteiger partial charge in [0, 0.05) is 12.1 Å². The molecule has 3 aromatic rings. The van der Waals surface area contributed by atoms with Crippen molar-refractivity contribution < 1.29 is 9.84 Å². The fourth-order valence-electron chi connectivity index (χ4n) is 3.80. The van der Waals surface area contributed by atoms with Crippen molar-refractivity contribution in [2.45, 2.75) is 72.8 Å². The molecule has 0 unspecified atom stereocenters. The number of anilines is 1. The molecule has 0 amide bonds. The first-order valence-electron chi connectivity index (χ1n) is 11.3. The average Bonchev–Trinajstić information content (AvgIpc) is 2.69. The van der Waals surface area contributed by atoms with Crippen LogP contribution in [-0.2, 0) is 17.4 Å². The minimum atomic E-state index is -0.149. The highest BCUT2D eigenvalue weighted by Gasteiger charge is 2.25. The van der Waals surface area contributed by atoms with Crippen molar-refractivity contribution in [1.82, 2.24) is 0 Å². The largest absolute Gasteiger partial charge is 0.507 e. The summed E-state index contributed by atoms with van der Waals surface area (Å²) < 4.78 is 6.32. The molecule has 0 atom stereocenters. The Bertz CT molecular complexity index is 1080. The summed E-state index contributed by atoms with van der Waals surface area (Å²) in [6, 6.07) is 18.4. The van der Waals surface area contributed by atoms with Crippen molar-refractivity contribution in [1.29, 1.82) is 0 Å². The van der Waals surface area contributed by atoms with Crippen molar-refractivity contribution in [3.8, 4) is 17.2 Å². The molecule has 170 valence electrons. The Balaban J connectivity index is 1.94. The summed E-state index contributed by atoms with van der Waals surface area (Å²) in [5, 5.41) is 14.6. The molecule has 0 fully saturated rings. The average molecular weight is 432 g/mol. The van der Waals surface area contributed by atoms with Crippen molar-refractivity contribution in [3.63, 3.8) is 0 Å². The topological polar surface area (TPSA) is 41.5 Å². The third-order valence-electron chi connectivity index (χ3n) is 5.84. The summed E-state index contributed by atoms with van der Waals surface area (Å²) in [6.07, 6.45) is 0. The number of aromatic hydroxyl groups is 1. The normalized spacial score (nSPS) is 12.0. The molecule has 3 heteroatoms. The number of aryl methyl sites for hydroxylation is 2. The fourth-order valence-corrected chi connectivity index (χ4v) is 3.80. The highest BCUT2D eigenvalue weighted by molar-refractivity contribution is 5.59. The number of rotatable bonds is 5. The molecule has 0 aromatic heterocycles. The molecule has 0 saturated carbocycles. The van der Waals surface area contributed by atoms with Gasteiger partial charge in [0.25, 0.3) is 0 Å². The highest BCUT2D eigenvalue weighted by atomic mass is 16.5. The summed E-state index contributed by atoms with van der Waals surface area (Å²) in [4.78, 5) is 0. The Hall–Kier alpha value is -2.94. The molecule has 2 N–H and O–H groups in total. The molecule has 0 aliphatic heterocycles. The lowest BCUT2D eigenvalue weighted by atomic mass is 9.79. The van der Waals surface area contributed by atoms with E-state index in [1.807, 2.05) is 30.3 Å². The molecule has 32 heavy (non-hydrogen) atoms. The van der Waals surface area contributed by atoms with E-state index in [4.69, 9.17) is 4.74 Å². The number of nitrogens with one attached hydrogen (secondary N) is 1. The maximum absolute atomic E-state index is 11.1. The van der Waals surface area contributed by atoms with Crippen LogP contribution in [0.4, 0.5) is 5.69 Å². The van der Waals surface area contributed by atoms with E-state index in [1.54, 1.807) is 0 Å². The predicted molar refractivity (Wildman–Crippen MR) is 135 cm³/mol. The Morgan fingerprint density at radius 2 is 1.44 bits per heavy atom. The van der Waals surface area contributed by atoms with Gasteiger partial charge in [0.2, 0.25) is 0 Å². The molecular weight excluding hydrogens is 394 g/mol. The second-order valence-electron chi connectivity index (χ2n) is 10.7. The van der Waals surface area contributed by atoms with Gasteiger partial charge < -0.3 is 15.2 Å². The first-order valence-corrected chi connectivity index (χ1v) is 11.3. The van der Waals surface area contributed by atoms with Crippen molar-refractivity contribution in [2.24, 2.45) is 0 Å². The molecular formula is C29H37NO2. The monoisotopic (exact) mass is 431 g/mol. The third kappa shape index (κ3) is 5.27. The number of phenolic OH excluding ortho intramolecular Hbond substituents is 1. The van der Waals surface area contributed by atoms with Crippen LogP contribution in [0.2, 0.25) is 0 Å². The van der Waals surface area contributed by atoms with Gasteiger partial charge in [0.05, 0.1) is 5.69 Å². The van der Waals surface area contributed by atoms with E-state index in [1.165, 1.54) is 5.56 Å². The van der Waals surface area contributed by atoms with Crippen LogP contribution in [0, 0.1) is 13.8 Å². The van der Waals surface area contributed by atoms with Crippen LogP contribution in [0.25, 0.3) is 0 Å². The fraction of sp³-hybridized carbons (Fsp3) is 0.379. The maximum atomic E-state index is 11.1. The van der Waals surface area contributed by atoms with Gasteiger partial charge in [-0.1, -0.05) is 77.9 Å². The lowest BCUT2D eigenvalue weighted by Crippen LogP contribution is -2.18. The second kappa shape index (κ2) is 8.90. The van der Waals surface area contributed by atoms with Crippen LogP contribution < -0.4 is 10.1 Å². The lowest BCUT2D eigenvalue weighted by molar-refractivity contribution is 0.438. The van der Waals surface area contributed by atoms with Crippen LogP contribution in [0.5, 0.6) is 17.2 Å². The van der Waals surface area contributed by atoms with E-state index in [9.17, 15) is 5.11 Å². The molecule has 3 nitrogen and oxygen atoms in total. The zero-order valence-electron chi connectivity index (χ0n) is 20.8. The van der Waals surface area contributed by atoms with E-state index in [-0.39, 0.29) is 10.8 Å². The van der Waals surface area contributed by atoms with Crippen LogP contribution >= 0.6 is 0 Å². The standard InChI is InChI=1S/C29H37NO2/c1-19-12-11-13-20(2)27(19)32-25-15-10-9-14-24(25)30-18-21-16-22(28(3,4)5)17-23(26(21)31)29(6,7)8/h9-17,30-31H,18H2,1-8H3. The van der Waals surface area contributed by atoms with Crippen LogP contribution in [0.15, 0.2) is 54.6 Å². The number of phenols is 1. The van der Waals surface area contributed by atoms with Gasteiger partial charge in [-0.2, -0.15) is 0 Å². The van der Waals surface area contributed by atoms with Gasteiger partial charge in [0.1, 0.15) is 11.5 Å². The molecule has 0 aliphatic rings. The zero-order valence-corrected chi connectivity index (χ0v) is 20.8. The van der Waals surface area contributed by atoms with Gasteiger partial charge in [-0.3, -0.25) is 0 Å². The second-order valence-corrected chi connectivity index (χ2v) is 10.7. The molecule has 0 heterocycles. The van der Waals surface area contributed by atoms with E-state index < -0.39 is 0 Å². The van der Waals surface area contributed by atoms with E-state index >= 15 is 0 Å². The van der Waals surface area contributed by atoms with Crippen LogP contribution in [0.3, 0.4) is 0 Å². The van der Waals surface area contributed by atoms with Crippen LogP contribution in [-0.4, -0.2) is 5.11 Å². The summed E-state index contributed by atoms with van der Waals surface area (Å²) in [6.45, 7) is 17.7.